The number of H-pyrrole nitrogens is 1. The van der Waals surface area contributed by atoms with Gasteiger partial charge in [-0.25, -0.2) is 9.97 Å². The summed E-state index contributed by atoms with van der Waals surface area (Å²) in [4.78, 5) is 25.6. The number of aryl methyl sites for hydroxylation is 1. The summed E-state index contributed by atoms with van der Waals surface area (Å²) >= 11 is 0. The molecule has 3 aromatic heterocycles. The number of nitrogens with zero attached hydrogens (tertiary/aromatic N) is 7. The van der Waals surface area contributed by atoms with Crippen LogP contribution in [0.15, 0.2) is 18.6 Å². The van der Waals surface area contributed by atoms with Gasteiger partial charge in [0.05, 0.1) is 19.0 Å². The van der Waals surface area contributed by atoms with E-state index >= 15 is 0 Å². The number of piperazine rings is 1. The standard InChI is InChI=1S/C17H22N8O2/c1-11-16(26)24(6-7-27-3)4-5-25(11)17-18-9-13-15(20-17)14(22-21-13)12-8-19-23(2)10-12/h8-11H,4-7H2,1-3H3,(H,21,22). The zero-order chi connectivity index (χ0) is 19.0. The molecule has 1 N–H and O–H groups in total. The quantitative estimate of drug-likeness (QED) is 0.695. The molecule has 1 aliphatic rings. The maximum Gasteiger partial charge on any atom is 0.245 e. The maximum absolute atomic E-state index is 12.7. The van der Waals surface area contributed by atoms with E-state index in [0.717, 1.165) is 22.3 Å². The number of ether oxygens (including phenoxy) is 1. The van der Waals surface area contributed by atoms with Crippen LogP contribution in [0, 0.1) is 0 Å². The van der Waals surface area contributed by atoms with Crippen LogP contribution in [0.5, 0.6) is 0 Å². The molecule has 0 spiro atoms. The van der Waals surface area contributed by atoms with Gasteiger partial charge < -0.3 is 14.5 Å². The number of hydrogen-bond acceptors (Lipinski definition) is 7. The molecular formula is C17H22N8O2. The zero-order valence-electron chi connectivity index (χ0n) is 15.6. The number of amides is 1. The van der Waals surface area contributed by atoms with Crippen molar-refractivity contribution in [3.8, 4) is 11.3 Å². The first-order valence-corrected chi connectivity index (χ1v) is 8.83. The van der Waals surface area contributed by atoms with Crippen molar-refractivity contribution in [3.05, 3.63) is 18.6 Å². The van der Waals surface area contributed by atoms with Gasteiger partial charge in [-0.15, -0.1) is 0 Å². The number of fused-ring (bicyclic) bond motifs is 1. The molecule has 0 radical (unpaired) electrons. The minimum atomic E-state index is -0.332. The number of aromatic amines is 1. The molecule has 0 saturated carbocycles. The fraction of sp³-hybridized carbons (Fsp3) is 0.471. The molecule has 0 aromatic carbocycles. The van der Waals surface area contributed by atoms with Gasteiger partial charge in [0, 0.05) is 45.6 Å². The van der Waals surface area contributed by atoms with Crippen LogP contribution in [0.3, 0.4) is 0 Å². The van der Waals surface area contributed by atoms with Gasteiger partial charge in [0.15, 0.2) is 0 Å². The highest BCUT2D eigenvalue weighted by Crippen LogP contribution is 2.26. The molecule has 1 saturated heterocycles. The van der Waals surface area contributed by atoms with E-state index < -0.39 is 0 Å². The third kappa shape index (κ3) is 3.12. The lowest BCUT2D eigenvalue weighted by Gasteiger charge is -2.39. The largest absolute Gasteiger partial charge is 0.383 e. The highest BCUT2D eigenvalue weighted by molar-refractivity contribution is 5.90. The molecule has 0 bridgehead atoms. The van der Waals surface area contributed by atoms with Crippen LogP contribution in [0.2, 0.25) is 0 Å². The second-order valence-electron chi connectivity index (χ2n) is 6.59. The van der Waals surface area contributed by atoms with Gasteiger partial charge >= 0.3 is 0 Å². The van der Waals surface area contributed by atoms with Gasteiger partial charge in [0.1, 0.15) is 22.8 Å². The molecule has 0 aliphatic carbocycles. The second kappa shape index (κ2) is 6.95. The Labute approximate surface area is 156 Å². The van der Waals surface area contributed by atoms with Crippen LogP contribution in [-0.2, 0) is 16.6 Å². The van der Waals surface area contributed by atoms with E-state index in [1.807, 2.05) is 30.0 Å². The lowest BCUT2D eigenvalue weighted by atomic mass is 10.2. The SMILES string of the molecule is COCCN1CCN(c2ncc3[nH]nc(-c4cnn(C)c4)c3n2)C(C)C1=O. The molecule has 10 nitrogen and oxygen atoms in total. The van der Waals surface area contributed by atoms with Crippen LogP contribution in [0.25, 0.3) is 22.3 Å². The van der Waals surface area contributed by atoms with Gasteiger partial charge in [0.25, 0.3) is 0 Å². The van der Waals surface area contributed by atoms with Gasteiger partial charge in [-0.05, 0) is 6.92 Å². The van der Waals surface area contributed by atoms with E-state index in [0.29, 0.717) is 32.2 Å². The van der Waals surface area contributed by atoms with Gasteiger partial charge in [-0.3, -0.25) is 14.6 Å². The molecule has 4 heterocycles. The van der Waals surface area contributed by atoms with Crippen molar-refractivity contribution in [2.75, 3.05) is 38.3 Å². The lowest BCUT2D eigenvalue weighted by Crippen LogP contribution is -2.57. The minimum Gasteiger partial charge on any atom is -0.383 e. The van der Waals surface area contributed by atoms with E-state index in [4.69, 9.17) is 9.72 Å². The molecule has 142 valence electrons. The number of hydrogen-bond donors (Lipinski definition) is 1. The first kappa shape index (κ1) is 17.4. The number of carbonyl (C=O) groups is 1. The molecule has 1 unspecified atom stereocenters. The Kier molecular flexibility index (Phi) is 4.48. The van der Waals surface area contributed by atoms with Crippen molar-refractivity contribution in [3.63, 3.8) is 0 Å². The van der Waals surface area contributed by atoms with E-state index in [9.17, 15) is 4.79 Å². The second-order valence-corrected chi connectivity index (χ2v) is 6.59. The predicted octanol–water partition coefficient (Wildman–Crippen LogP) is 0.437. The first-order chi connectivity index (χ1) is 13.1. The smallest absolute Gasteiger partial charge is 0.245 e. The third-order valence-electron chi connectivity index (χ3n) is 4.84. The molecule has 27 heavy (non-hydrogen) atoms. The van der Waals surface area contributed by atoms with Crippen molar-refractivity contribution >= 4 is 22.9 Å². The van der Waals surface area contributed by atoms with Crippen LogP contribution in [0.4, 0.5) is 5.95 Å². The number of nitrogens with one attached hydrogen (secondary N) is 1. The Morgan fingerprint density at radius 3 is 2.93 bits per heavy atom. The number of anilines is 1. The highest BCUT2D eigenvalue weighted by atomic mass is 16.5. The van der Waals surface area contributed by atoms with Crippen LogP contribution >= 0.6 is 0 Å². The molecule has 1 fully saturated rings. The van der Waals surface area contributed by atoms with E-state index in [2.05, 4.69) is 20.3 Å². The molecule has 1 atom stereocenters. The predicted molar refractivity (Wildman–Crippen MR) is 99.1 cm³/mol. The maximum atomic E-state index is 12.7. The molecule has 10 heteroatoms. The topological polar surface area (TPSA) is 105 Å². The van der Waals surface area contributed by atoms with Crippen molar-refractivity contribution in [1.82, 2.24) is 34.8 Å². The van der Waals surface area contributed by atoms with Crippen molar-refractivity contribution in [1.29, 1.82) is 0 Å². The number of carbonyl (C=O) groups excluding carboxylic acids is 1. The van der Waals surface area contributed by atoms with Crippen molar-refractivity contribution < 1.29 is 9.53 Å². The van der Waals surface area contributed by atoms with E-state index in [1.54, 1.807) is 24.2 Å². The highest BCUT2D eigenvalue weighted by Gasteiger charge is 2.33. The summed E-state index contributed by atoms with van der Waals surface area (Å²) < 4.78 is 6.81. The third-order valence-corrected chi connectivity index (χ3v) is 4.84. The van der Waals surface area contributed by atoms with Crippen molar-refractivity contribution in [2.24, 2.45) is 7.05 Å². The molecular weight excluding hydrogens is 348 g/mol. The molecule has 3 aromatic rings. The first-order valence-electron chi connectivity index (χ1n) is 8.83. The van der Waals surface area contributed by atoms with E-state index in [1.165, 1.54) is 0 Å². The van der Waals surface area contributed by atoms with Gasteiger partial charge in [-0.1, -0.05) is 0 Å². The van der Waals surface area contributed by atoms with Gasteiger partial charge in [-0.2, -0.15) is 10.2 Å². The monoisotopic (exact) mass is 370 g/mol. The Morgan fingerprint density at radius 2 is 2.19 bits per heavy atom. The Balaban J connectivity index is 1.63. The molecule has 1 aliphatic heterocycles. The summed E-state index contributed by atoms with van der Waals surface area (Å²) in [6, 6.07) is -0.332. The average Bonchev–Trinajstić information content (AvgIpc) is 3.28. The molecule has 4 rings (SSSR count). The number of aromatic nitrogens is 6. The number of methoxy groups -OCH3 is 1. The van der Waals surface area contributed by atoms with Crippen LogP contribution < -0.4 is 4.90 Å². The molecule has 1 amide bonds. The summed E-state index contributed by atoms with van der Waals surface area (Å²) in [5.41, 5.74) is 3.06. The Bertz CT molecular complexity index is 965. The number of rotatable bonds is 5. The normalized spacial score (nSPS) is 17.9. The fourth-order valence-corrected chi connectivity index (χ4v) is 3.31. The summed E-state index contributed by atoms with van der Waals surface area (Å²) in [7, 11) is 3.49. The van der Waals surface area contributed by atoms with Crippen LogP contribution in [-0.4, -0.2) is 80.1 Å². The van der Waals surface area contributed by atoms with Crippen molar-refractivity contribution in [2.45, 2.75) is 13.0 Å². The average molecular weight is 370 g/mol. The Hall–Kier alpha value is -3.01. The fourth-order valence-electron chi connectivity index (χ4n) is 3.31. The summed E-state index contributed by atoms with van der Waals surface area (Å²) in [5, 5.41) is 11.5. The Morgan fingerprint density at radius 1 is 1.33 bits per heavy atom. The summed E-state index contributed by atoms with van der Waals surface area (Å²) in [6.45, 7) is 4.30. The van der Waals surface area contributed by atoms with Gasteiger partial charge in [0.2, 0.25) is 11.9 Å². The summed E-state index contributed by atoms with van der Waals surface area (Å²) in [5.74, 6) is 0.586. The van der Waals surface area contributed by atoms with E-state index in [-0.39, 0.29) is 11.9 Å². The summed E-state index contributed by atoms with van der Waals surface area (Å²) in [6.07, 6.45) is 5.34. The van der Waals surface area contributed by atoms with Crippen LogP contribution in [0.1, 0.15) is 6.92 Å². The zero-order valence-corrected chi connectivity index (χ0v) is 15.6. The lowest BCUT2D eigenvalue weighted by molar-refractivity contribution is -0.134. The minimum absolute atomic E-state index is 0.0571.